The van der Waals surface area contributed by atoms with Gasteiger partial charge in [-0.2, -0.15) is 14.7 Å². The summed E-state index contributed by atoms with van der Waals surface area (Å²) in [4.78, 5) is 13.2. The van der Waals surface area contributed by atoms with Crippen molar-refractivity contribution in [2.24, 2.45) is 0 Å². The smallest absolute Gasteiger partial charge is 0.266 e. The molecule has 0 aliphatic rings. The molecule has 0 atom stereocenters. The predicted octanol–water partition coefficient (Wildman–Crippen LogP) is 6.20. The van der Waals surface area contributed by atoms with E-state index in [9.17, 15) is 18.5 Å². The van der Waals surface area contributed by atoms with Gasteiger partial charge in [0.2, 0.25) is 10.0 Å². The second kappa shape index (κ2) is 13.2. The third-order valence-corrected chi connectivity index (χ3v) is 8.32. The van der Waals surface area contributed by atoms with Crippen molar-refractivity contribution in [2.75, 3.05) is 18.4 Å². The monoisotopic (exact) mass is 567 g/mol. The molecule has 0 saturated heterocycles. The summed E-state index contributed by atoms with van der Waals surface area (Å²) in [6.45, 7) is 6.71. The fourth-order valence-corrected chi connectivity index (χ4v) is 6.04. The summed E-state index contributed by atoms with van der Waals surface area (Å²) in [5.74, 6) is -0.555. The van der Waals surface area contributed by atoms with Crippen LogP contribution in [0.4, 0.5) is 5.69 Å². The van der Waals surface area contributed by atoms with Gasteiger partial charge in [0.1, 0.15) is 17.3 Å². The van der Waals surface area contributed by atoms with Crippen LogP contribution in [0.1, 0.15) is 37.8 Å². The third kappa shape index (κ3) is 6.98. The third-order valence-electron chi connectivity index (χ3n) is 6.43. The van der Waals surface area contributed by atoms with Crippen LogP contribution < -0.4 is 5.32 Å². The van der Waals surface area contributed by atoms with E-state index in [1.165, 1.54) is 10.4 Å². The first kappa shape index (κ1) is 29.5. The van der Waals surface area contributed by atoms with Crippen LogP contribution in [0.3, 0.4) is 0 Å². The Hall–Kier alpha value is -4.52. The Morgan fingerprint density at radius 2 is 1.68 bits per heavy atom. The molecule has 1 N–H and O–H groups in total. The number of nitriles is 1. The molecule has 0 aliphatic carbocycles. The van der Waals surface area contributed by atoms with Crippen molar-refractivity contribution < 1.29 is 13.2 Å². The second-order valence-electron chi connectivity index (χ2n) is 9.64. The van der Waals surface area contributed by atoms with E-state index in [1.54, 1.807) is 47.3 Å². The molecule has 0 bridgehead atoms. The Morgan fingerprint density at radius 3 is 2.32 bits per heavy atom. The first-order valence-electron chi connectivity index (χ1n) is 13.5. The number of anilines is 1. The van der Waals surface area contributed by atoms with E-state index < -0.39 is 15.9 Å². The molecule has 0 unspecified atom stereocenters. The molecular formula is C32H33N5O3S. The van der Waals surface area contributed by atoms with E-state index >= 15 is 0 Å². The van der Waals surface area contributed by atoms with E-state index in [0.717, 1.165) is 11.3 Å². The van der Waals surface area contributed by atoms with E-state index in [2.05, 4.69) is 5.32 Å². The Morgan fingerprint density at radius 1 is 1.00 bits per heavy atom. The molecule has 0 radical (unpaired) electrons. The molecule has 0 aliphatic heterocycles. The van der Waals surface area contributed by atoms with Crippen molar-refractivity contribution >= 4 is 27.7 Å². The molecule has 1 aromatic heterocycles. The van der Waals surface area contributed by atoms with Gasteiger partial charge in [0.25, 0.3) is 5.91 Å². The number of para-hydroxylation sites is 1. The summed E-state index contributed by atoms with van der Waals surface area (Å²) in [6.07, 6.45) is 4.61. The van der Waals surface area contributed by atoms with E-state index in [-0.39, 0.29) is 10.5 Å². The lowest BCUT2D eigenvalue weighted by Crippen LogP contribution is -2.32. The number of nitrogens with one attached hydrogen (secondary N) is 1. The zero-order chi connectivity index (χ0) is 29.4. The average Bonchev–Trinajstić information content (AvgIpc) is 3.41. The molecule has 0 fully saturated rings. The standard InChI is InChI=1S/C32H33N5O3S/c1-4-18-36(19-5-2)41(39,40)30-13-9-10-25(21-30)31-27(23-37(35-31)29-11-7-6-8-12-29)20-26(22-33)32(38)34-28-16-14-24(3)15-17-28/h6-17,20-21,23H,4-5,18-19H2,1-3H3,(H,34,38)/b26-20-. The zero-order valence-corrected chi connectivity index (χ0v) is 24.2. The fraction of sp³-hybridized carbons (Fsp3) is 0.219. The van der Waals surface area contributed by atoms with Gasteiger partial charge in [-0.15, -0.1) is 0 Å². The lowest BCUT2D eigenvalue weighted by atomic mass is 10.1. The number of nitrogens with zero attached hydrogens (tertiary/aromatic N) is 4. The van der Waals surface area contributed by atoms with Crippen molar-refractivity contribution in [2.45, 2.75) is 38.5 Å². The van der Waals surface area contributed by atoms with E-state index in [1.807, 2.05) is 69.3 Å². The highest BCUT2D eigenvalue weighted by atomic mass is 32.2. The van der Waals surface area contributed by atoms with Crippen LogP contribution >= 0.6 is 0 Å². The van der Waals surface area contributed by atoms with Crippen molar-refractivity contribution in [1.82, 2.24) is 14.1 Å². The van der Waals surface area contributed by atoms with Gasteiger partial charge < -0.3 is 5.32 Å². The molecule has 3 aromatic carbocycles. The summed E-state index contributed by atoms with van der Waals surface area (Å²) in [6, 6.07) is 25.3. The van der Waals surface area contributed by atoms with Gasteiger partial charge >= 0.3 is 0 Å². The number of carbonyl (C=O) groups excluding carboxylic acids is 1. The number of amides is 1. The zero-order valence-electron chi connectivity index (χ0n) is 23.4. The minimum atomic E-state index is -3.73. The lowest BCUT2D eigenvalue weighted by Gasteiger charge is -2.21. The SMILES string of the molecule is CCCN(CCC)S(=O)(=O)c1cccc(-c2nn(-c3ccccc3)cc2/C=C(/C#N)C(=O)Nc2ccc(C)cc2)c1. The Bertz CT molecular complexity index is 1680. The number of sulfonamides is 1. The maximum atomic E-state index is 13.5. The average molecular weight is 568 g/mol. The number of hydrogen-bond donors (Lipinski definition) is 1. The summed E-state index contributed by atoms with van der Waals surface area (Å²) in [5, 5.41) is 17.4. The van der Waals surface area contributed by atoms with Gasteiger partial charge in [0.15, 0.2) is 0 Å². The molecule has 210 valence electrons. The summed E-state index contributed by atoms with van der Waals surface area (Å²) >= 11 is 0. The Kier molecular flexibility index (Phi) is 9.50. The van der Waals surface area contributed by atoms with Gasteiger partial charge in [0, 0.05) is 36.1 Å². The van der Waals surface area contributed by atoms with Crippen molar-refractivity contribution in [3.8, 4) is 23.0 Å². The number of rotatable bonds is 11. The highest BCUT2D eigenvalue weighted by molar-refractivity contribution is 7.89. The quantitative estimate of drug-likeness (QED) is 0.171. The molecule has 1 amide bonds. The van der Waals surface area contributed by atoms with Crippen LogP contribution in [0.2, 0.25) is 0 Å². The summed E-state index contributed by atoms with van der Waals surface area (Å²) in [5.41, 5.74) is 3.78. The lowest BCUT2D eigenvalue weighted by molar-refractivity contribution is -0.112. The molecule has 1 heterocycles. The van der Waals surface area contributed by atoms with Gasteiger partial charge in [-0.25, -0.2) is 13.1 Å². The predicted molar refractivity (Wildman–Crippen MR) is 162 cm³/mol. The molecule has 9 heteroatoms. The van der Waals surface area contributed by atoms with Crippen LogP contribution in [-0.4, -0.2) is 41.5 Å². The molecule has 0 spiro atoms. The van der Waals surface area contributed by atoms with Crippen LogP contribution in [0.25, 0.3) is 23.0 Å². The number of benzene rings is 3. The maximum Gasteiger partial charge on any atom is 0.266 e. The topological polar surface area (TPSA) is 108 Å². The van der Waals surface area contributed by atoms with Crippen LogP contribution in [0, 0.1) is 18.3 Å². The van der Waals surface area contributed by atoms with E-state index in [0.29, 0.717) is 48.4 Å². The molecular weight excluding hydrogens is 534 g/mol. The van der Waals surface area contributed by atoms with Gasteiger partial charge in [-0.3, -0.25) is 4.79 Å². The maximum absolute atomic E-state index is 13.5. The van der Waals surface area contributed by atoms with Gasteiger partial charge in [-0.05, 0) is 62.2 Å². The Balaban J connectivity index is 1.79. The van der Waals surface area contributed by atoms with Crippen LogP contribution in [0.5, 0.6) is 0 Å². The largest absolute Gasteiger partial charge is 0.321 e. The first-order chi connectivity index (χ1) is 19.8. The second-order valence-corrected chi connectivity index (χ2v) is 11.6. The first-order valence-corrected chi connectivity index (χ1v) is 15.0. The highest BCUT2D eigenvalue weighted by Gasteiger charge is 2.24. The van der Waals surface area contributed by atoms with Gasteiger partial charge in [0.05, 0.1) is 10.6 Å². The van der Waals surface area contributed by atoms with Crippen molar-refractivity contribution in [3.63, 3.8) is 0 Å². The number of aromatic nitrogens is 2. The highest BCUT2D eigenvalue weighted by Crippen LogP contribution is 2.29. The molecule has 0 saturated carbocycles. The molecule has 41 heavy (non-hydrogen) atoms. The van der Waals surface area contributed by atoms with Gasteiger partial charge in [-0.1, -0.05) is 61.9 Å². The Labute approximate surface area is 241 Å². The summed E-state index contributed by atoms with van der Waals surface area (Å²) in [7, 11) is -3.73. The molecule has 4 aromatic rings. The van der Waals surface area contributed by atoms with Crippen LogP contribution in [0.15, 0.2) is 95.5 Å². The number of carbonyl (C=O) groups is 1. The minimum Gasteiger partial charge on any atom is -0.321 e. The minimum absolute atomic E-state index is 0.111. The van der Waals surface area contributed by atoms with Crippen LogP contribution in [-0.2, 0) is 14.8 Å². The van der Waals surface area contributed by atoms with Crippen molar-refractivity contribution in [3.05, 3.63) is 102 Å². The summed E-state index contributed by atoms with van der Waals surface area (Å²) < 4.78 is 30.2. The number of hydrogen-bond acceptors (Lipinski definition) is 5. The molecule has 4 rings (SSSR count). The fourth-order valence-electron chi connectivity index (χ4n) is 4.37. The van der Waals surface area contributed by atoms with E-state index in [4.69, 9.17) is 5.10 Å². The normalized spacial score (nSPS) is 11.8. The van der Waals surface area contributed by atoms with Crippen molar-refractivity contribution in [1.29, 1.82) is 5.26 Å². The molecule has 8 nitrogen and oxygen atoms in total. The number of aryl methyl sites for hydroxylation is 1.